The predicted octanol–water partition coefficient (Wildman–Crippen LogP) is 1.46. The standard InChI is InChI=1S/C23H31N3O5/c1-2-31-23(30)19-9-6-12-26(16-19)22(29)18-10-13-25(14-11-18)20(27)15-24-21(28)17-7-4-3-5-8-17/h3-5,7-8,18-19H,2,6,9-16H2,1H3,(H,24,28). The first-order valence-electron chi connectivity index (χ1n) is 11.1. The van der Waals surface area contributed by atoms with Crippen molar-refractivity contribution in [3.63, 3.8) is 0 Å². The average Bonchev–Trinajstić information content (AvgIpc) is 2.82. The molecule has 3 amide bonds. The quantitative estimate of drug-likeness (QED) is 0.691. The summed E-state index contributed by atoms with van der Waals surface area (Å²) in [6.45, 7) is 4.14. The Balaban J connectivity index is 1.43. The molecule has 1 unspecified atom stereocenters. The molecule has 2 aliphatic rings. The maximum Gasteiger partial charge on any atom is 0.310 e. The van der Waals surface area contributed by atoms with Crippen molar-refractivity contribution >= 4 is 23.7 Å². The number of rotatable bonds is 6. The molecule has 8 heteroatoms. The maximum atomic E-state index is 12.9. The van der Waals surface area contributed by atoms with Crippen LogP contribution < -0.4 is 5.32 Å². The van der Waals surface area contributed by atoms with Crippen LogP contribution in [-0.4, -0.2) is 72.8 Å². The number of amides is 3. The molecule has 0 radical (unpaired) electrons. The van der Waals surface area contributed by atoms with E-state index in [0.717, 1.165) is 12.8 Å². The molecule has 3 rings (SSSR count). The van der Waals surface area contributed by atoms with Crippen molar-refractivity contribution in [3.8, 4) is 0 Å². The number of carbonyl (C=O) groups is 4. The van der Waals surface area contributed by atoms with Crippen molar-refractivity contribution in [1.29, 1.82) is 0 Å². The van der Waals surface area contributed by atoms with Gasteiger partial charge in [0.25, 0.3) is 5.91 Å². The van der Waals surface area contributed by atoms with E-state index in [1.165, 1.54) is 0 Å². The van der Waals surface area contributed by atoms with Gasteiger partial charge in [-0.05, 0) is 44.7 Å². The number of carbonyl (C=O) groups excluding carboxylic acids is 4. The van der Waals surface area contributed by atoms with Crippen molar-refractivity contribution in [1.82, 2.24) is 15.1 Å². The highest BCUT2D eigenvalue weighted by Crippen LogP contribution is 2.24. The third kappa shape index (κ3) is 6.06. The van der Waals surface area contributed by atoms with E-state index in [-0.39, 0.29) is 42.1 Å². The molecule has 2 heterocycles. The molecule has 1 N–H and O–H groups in total. The lowest BCUT2D eigenvalue weighted by Crippen LogP contribution is -2.49. The first-order valence-corrected chi connectivity index (χ1v) is 11.1. The fourth-order valence-corrected chi connectivity index (χ4v) is 4.22. The number of benzene rings is 1. The Kier molecular flexibility index (Phi) is 8.03. The summed E-state index contributed by atoms with van der Waals surface area (Å²) >= 11 is 0. The fraction of sp³-hybridized carbons (Fsp3) is 0.565. The summed E-state index contributed by atoms with van der Waals surface area (Å²) in [4.78, 5) is 53.0. The molecule has 1 aromatic carbocycles. The van der Waals surface area contributed by atoms with Gasteiger partial charge in [0, 0.05) is 37.7 Å². The highest BCUT2D eigenvalue weighted by molar-refractivity contribution is 5.96. The molecule has 0 aromatic heterocycles. The van der Waals surface area contributed by atoms with Gasteiger partial charge in [0.1, 0.15) is 0 Å². The Labute approximate surface area is 182 Å². The zero-order valence-corrected chi connectivity index (χ0v) is 18.0. The summed E-state index contributed by atoms with van der Waals surface area (Å²) in [5.74, 6) is -0.955. The maximum absolute atomic E-state index is 12.9. The van der Waals surface area contributed by atoms with Crippen molar-refractivity contribution in [2.24, 2.45) is 11.8 Å². The second-order valence-electron chi connectivity index (χ2n) is 8.08. The third-order valence-electron chi connectivity index (χ3n) is 5.99. The number of hydrogen-bond acceptors (Lipinski definition) is 5. The predicted molar refractivity (Wildman–Crippen MR) is 114 cm³/mol. The molecule has 2 aliphatic heterocycles. The zero-order valence-electron chi connectivity index (χ0n) is 18.0. The van der Waals surface area contributed by atoms with Crippen molar-refractivity contribution in [2.45, 2.75) is 32.6 Å². The van der Waals surface area contributed by atoms with Crippen LogP contribution in [0.4, 0.5) is 0 Å². The SMILES string of the molecule is CCOC(=O)C1CCCN(C(=O)C2CCN(C(=O)CNC(=O)c3ccccc3)CC2)C1. The van der Waals surface area contributed by atoms with E-state index in [1.807, 2.05) is 6.07 Å². The van der Waals surface area contributed by atoms with Crippen LogP contribution in [0.2, 0.25) is 0 Å². The molecule has 1 aromatic rings. The summed E-state index contributed by atoms with van der Waals surface area (Å²) in [5, 5.41) is 2.66. The molecule has 0 spiro atoms. The van der Waals surface area contributed by atoms with E-state index in [9.17, 15) is 19.2 Å². The number of likely N-dealkylation sites (tertiary alicyclic amines) is 2. The average molecular weight is 430 g/mol. The summed E-state index contributed by atoms with van der Waals surface area (Å²) in [5.41, 5.74) is 0.516. The largest absolute Gasteiger partial charge is 0.466 e. The van der Waals surface area contributed by atoms with Gasteiger partial charge in [-0.1, -0.05) is 18.2 Å². The van der Waals surface area contributed by atoms with Crippen LogP contribution in [0.25, 0.3) is 0 Å². The van der Waals surface area contributed by atoms with Crippen LogP contribution in [0.5, 0.6) is 0 Å². The van der Waals surface area contributed by atoms with Gasteiger partial charge in [0.05, 0.1) is 19.1 Å². The van der Waals surface area contributed by atoms with Crippen molar-refractivity contribution in [2.75, 3.05) is 39.3 Å². The topological polar surface area (TPSA) is 96.0 Å². The van der Waals surface area contributed by atoms with Gasteiger partial charge in [0.2, 0.25) is 11.8 Å². The third-order valence-corrected chi connectivity index (χ3v) is 5.99. The molecule has 2 saturated heterocycles. The molecular formula is C23H31N3O5. The summed E-state index contributed by atoms with van der Waals surface area (Å²) in [6.07, 6.45) is 2.74. The van der Waals surface area contributed by atoms with Gasteiger partial charge in [-0.25, -0.2) is 0 Å². The minimum Gasteiger partial charge on any atom is -0.466 e. The second kappa shape index (κ2) is 10.9. The summed E-state index contributed by atoms with van der Waals surface area (Å²) in [6, 6.07) is 8.77. The van der Waals surface area contributed by atoms with Crippen LogP contribution in [0.3, 0.4) is 0 Å². The van der Waals surface area contributed by atoms with E-state index < -0.39 is 0 Å². The second-order valence-corrected chi connectivity index (χ2v) is 8.08. The van der Waals surface area contributed by atoms with Crippen LogP contribution in [0.15, 0.2) is 30.3 Å². The van der Waals surface area contributed by atoms with Gasteiger partial charge in [0.15, 0.2) is 0 Å². The lowest BCUT2D eigenvalue weighted by atomic mass is 9.92. The fourth-order valence-electron chi connectivity index (χ4n) is 4.22. The molecule has 1 atom stereocenters. The van der Waals surface area contributed by atoms with E-state index >= 15 is 0 Å². The number of esters is 1. The highest BCUT2D eigenvalue weighted by Gasteiger charge is 2.34. The molecule has 31 heavy (non-hydrogen) atoms. The Hall–Kier alpha value is -2.90. The smallest absolute Gasteiger partial charge is 0.310 e. The lowest BCUT2D eigenvalue weighted by molar-refractivity contribution is -0.152. The number of nitrogens with one attached hydrogen (secondary N) is 1. The van der Waals surface area contributed by atoms with E-state index in [1.54, 1.807) is 41.0 Å². The number of piperidine rings is 2. The zero-order chi connectivity index (χ0) is 22.2. The highest BCUT2D eigenvalue weighted by atomic mass is 16.5. The summed E-state index contributed by atoms with van der Waals surface area (Å²) < 4.78 is 5.11. The number of ether oxygens (including phenoxy) is 1. The van der Waals surface area contributed by atoms with E-state index in [2.05, 4.69) is 5.32 Å². The van der Waals surface area contributed by atoms with Crippen LogP contribution in [0, 0.1) is 11.8 Å². The molecule has 8 nitrogen and oxygen atoms in total. The molecular weight excluding hydrogens is 398 g/mol. The van der Waals surface area contributed by atoms with Gasteiger partial charge >= 0.3 is 5.97 Å². The number of hydrogen-bond donors (Lipinski definition) is 1. The van der Waals surface area contributed by atoms with Gasteiger partial charge in [-0.2, -0.15) is 0 Å². The molecule has 0 bridgehead atoms. The van der Waals surface area contributed by atoms with Gasteiger partial charge < -0.3 is 19.9 Å². The molecule has 0 aliphatic carbocycles. The minimum atomic E-state index is -0.278. The molecule has 0 saturated carbocycles. The first kappa shape index (κ1) is 22.8. The number of nitrogens with zero attached hydrogens (tertiary/aromatic N) is 2. The first-order chi connectivity index (χ1) is 15.0. The van der Waals surface area contributed by atoms with Crippen LogP contribution in [-0.2, 0) is 19.1 Å². The Morgan fingerprint density at radius 2 is 1.68 bits per heavy atom. The summed E-state index contributed by atoms with van der Waals surface area (Å²) in [7, 11) is 0. The van der Waals surface area contributed by atoms with Crippen molar-refractivity contribution in [3.05, 3.63) is 35.9 Å². The van der Waals surface area contributed by atoms with Crippen LogP contribution in [0.1, 0.15) is 43.0 Å². The Morgan fingerprint density at radius 1 is 0.968 bits per heavy atom. The Bertz CT molecular complexity index is 790. The molecule has 168 valence electrons. The lowest BCUT2D eigenvalue weighted by Gasteiger charge is -2.37. The monoisotopic (exact) mass is 429 g/mol. The molecule has 2 fully saturated rings. The minimum absolute atomic E-state index is 0.0559. The van der Waals surface area contributed by atoms with Gasteiger partial charge in [-0.15, -0.1) is 0 Å². The van der Waals surface area contributed by atoms with Gasteiger partial charge in [-0.3, -0.25) is 19.2 Å². The van der Waals surface area contributed by atoms with E-state index in [4.69, 9.17) is 4.74 Å². The normalized spacial score (nSPS) is 19.6. The van der Waals surface area contributed by atoms with Crippen molar-refractivity contribution < 1.29 is 23.9 Å². The Morgan fingerprint density at radius 3 is 2.35 bits per heavy atom. The van der Waals surface area contributed by atoms with E-state index in [0.29, 0.717) is 51.2 Å². The van der Waals surface area contributed by atoms with Crippen LogP contribution >= 0.6 is 0 Å².